The van der Waals surface area contributed by atoms with Gasteiger partial charge in [0.1, 0.15) is 5.78 Å². The molecule has 10 nitrogen and oxygen atoms in total. The van der Waals surface area contributed by atoms with E-state index >= 15 is 0 Å². The maximum atomic E-state index is 12.6. The molecule has 4 heterocycles. The number of carbonyl (C=O) groups excluding carboxylic acids is 1. The van der Waals surface area contributed by atoms with Gasteiger partial charge >= 0.3 is 5.97 Å². The van der Waals surface area contributed by atoms with Gasteiger partial charge in [-0.3, -0.25) is 29.2 Å². The van der Waals surface area contributed by atoms with Crippen LogP contribution >= 0.6 is 35.6 Å². The van der Waals surface area contributed by atoms with Crippen molar-refractivity contribution >= 4 is 58.8 Å². The van der Waals surface area contributed by atoms with Gasteiger partial charge in [0.15, 0.2) is 0 Å². The number of carbonyl (C=O) groups is 2. The van der Waals surface area contributed by atoms with Crippen molar-refractivity contribution in [1.82, 2.24) is 9.13 Å². The molecular formula is C49H48Cl3N5O5. The lowest BCUT2D eigenvalue weighted by Crippen LogP contribution is -2.18. The van der Waals surface area contributed by atoms with E-state index in [1.807, 2.05) is 105 Å². The molecule has 320 valence electrons. The Bertz CT molecular complexity index is 2760. The molecule has 2 aliphatic rings. The van der Waals surface area contributed by atoms with Gasteiger partial charge < -0.3 is 20.0 Å². The van der Waals surface area contributed by atoms with Crippen molar-refractivity contribution in [2.45, 2.75) is 51.6 Å². The number of hydrogen-bond donors (Lipinski definition) is 2. The number of rotatable bonds is 8. The smallest absolute Gasteiger partial charge is 0.305 e. The molecule has 0 saturated carbocycles. The zero-order valence-electron chi connectivity index (χ0n) is 34.8. The number of halogens is 3. The molecule has 0 spiro atoms. The van der Waals surface area contributed by atoms with Crippen LogP contribution in [0.2, 0.25) is 10.0 Å². The van der Waals surface area contributed by atoms with Gasteiger partial charge in [-0.25, -0.2) is 0 Å². The zero-order valence-corrected chi connectivity index (χ0v) is 37.2. The van der Waals surface area contributed by atoms with E-state index in [9.17, 15) is 24.3 Å². The maximum Gasteiger partial charge on any atom is 0.305 e. The van der Waals surface area contributed by atoms with Gasteiger partial charge in [-0.1, -0.05) is 110 Å². The fraction of sp³-hybridized carbons (Fsp3) is 0.224. The number of fused-ring (bicyclic) bond motifs is 6. The lowest BCUT2D eigenvalue weighted by Gasteiger charge is -2.16. The second-order valence-electron chi connectivity index (χ2n) is 14.8. The van der Waals surface area contributed by atoms with E-state index in [4.69, 9.17) is 38.9 Å². The van der Waals surface area contributed by atoms with E-state index in [1.165, 1.54) is 10.6 Å². The van der Waals surface area contributed by atoms with E-state index < -0.39 is 18.1 Å². The Kier molecular flexibility index (Phi) is 16.2. The number of aliphatic carboxylic acids is 1. The summed E-state index contributed by atoms with van der Waals surface area (Å²) in [6.07, 6.45) is 4.99. The summed E-state index contributed by atoms with van der Waals surface area (Å²) in [7, 11) is 3.43. The highest BCUT2D eigenvalue weighted by atomic mass is 35.5. The van der Waals surface area contributed by atoms with Crippen molar-refractivity contribution in [3.63, 3.8) is 0 Å². The first-order chi connectivity index (χ1) is 29.3. The molecule has 6 aromatic rings. The monoisotopic (exact) mass is 891 g/mol. The lowest BCUT2D eigenvalue weighted by atomic mass is 9.91. The van der Waals surface area contributed by atoms with Crippen LogP contribution in [-0.4, -0.2) is 44.0 Å². The van der Waals surface area contributed by atoms with Gasteiger partial charge in [0.25, 0.3) is 11.1 Å². The summed E-state index contributed by atoms with van der Waals surface area (Å²) >= 11 is 12.1. The molecule has 2 aliphatic heterocycles. The third kappa shape index (κ3) is 10.7. The molecule has 0 bridgehead atoms. The summed E-state index contributed by atoms with van der Waals surface area (Å²) < 4.78 is 3.08. The van der Waals surface area contributed by atoms with Gasteiger partial charge in [0, 0.05) is 94.9 Å². The minimum Gasteiger partial charge on any atom is -0.481 e. The summed E-state index contributed by atoms with van der Waals surface area (Å²) in [6.45, 7) is 4.65. The second kappa shape index (κ2) is 21.3. The fourth-order valence-corrected chi connectivity index (χ4v) is 7.73. The molecule has 0 amide bonds. The number of aryl methyl sites for hydroxylation is 2. The predicted octanol–water partition coefficient (Wildman–Crippen LogP) is 9.82. The number of nitrogens with two attached hydrogens (primary N) is 1. The number of hydrogen-bond acceptors (Lipinski definition) is 7. The van der Waals surface area contributed by atoms with Gasteiger partial charge in [0.05, 0.1) is 29.9 Å². The third-order valence-corrected chi connectivity index (χ3v) is 10.8. The minimum absolute atomic E-state index is 0. The number of aliphatic imine (C=N–C) groups is 2. The highest BCUT2D eigenvalue weighted by molar-refractivity contribution is 6.31. The molecule has 0 radical (unpaired) electrons. The van der Waals surface area contributed by atoms with Crippen LogP contribution in [0, 0.1) is 0 Å². The zero-order chi connectivity index (χ0) is 43.8. The molecule has 2 aromatic heterocycles. The fourth-order valence-electron chi connectivity index (χ4n) is 7.48. The Labute approximate surface area is 376 Å². The molecule has 0 saturated heterocycles. The van der Waals surface area contributed by atoms with Crippen molar-refractivity contribution in [1.29, 1.82) is 0 Å². The van der Waals surface area contributed by atoms with Crippen LogP contribution in [0.1, 0.15) is 85.0 Å². The van der Waals surface area contributed by atoms with Gasteiger partial charge in [0.2, 0.25) is 0 Å². The van der Waals surface area contributed by atoms with Crippen molar-refractivity contribution in [2.75, 3.05) is 6.54 Å². The largest absolute Gasteiger partial charge is 0.481 e. The standard InChI is InChI=1S/C25H23ClN2O2.C22H17ClN2O3.C2H7N.ClH/c1-3-6-18(29)13-23-21-14-24(30)28(2)15-22(21)19-7-4-5-8-20(19)25(27-23)16-9-11-17(26)12-10-16;1-25-12-18-15-4-2-3-5-16(15)22(13-6-8-14(23)9-7-13)24-19(11-21(27)28)17(18)10-20(25)26;1-2-3;/h4-5,7-12,14-15,23H,3,6,13H2,1-2H3;2-10,12,19H,11H2,1H3,(H,27,28);2-3H2,1H3;1H/t23-;19-;;/m00../s1. The molecule has 8 rings (SSSR count). The first-order valence-electron chi connectivity index (χ1n) is 20.0. The van der Waals surface area contributed by atoms with Crippen LogP contribution < -0.4 is 16.9 Å². The van der Waals surface area contributed by atoms with Gasteiger partial charge in [-0.2, -0.15) is 0 Å². The first kappa shape index (κ1) is 47.1. The van der Waals surface area contributed by atoms with Crippen molar-refractivity contribution < 1.29 is 14.7 Å². The average Bonchev–Trinajstić information content (AvgIpc) is 3.44. The predicted molar refractivity (Wildman–Crippen MR) is 253 cm³/mol. The maximum absolute atomic E-state index is 12.6. The molecular weight excluding hydrogens is 845 g/mol. The molecule has 4 aromatic carbocycles. The topological polar surface area (TPSA) is 149 Å². The Morgan fingerprint density at radius 2 is 1.00 bits per heavy atom. The molecule has 2 atom stereocenters. The molecule has 13 heteroatoms. The van der Waals surface area contributed by atoms with Crippen LogP contribution in [0.15, 0.2) is 141 Å². The molecule has 3 N–H and O–H groups in total. The quantitative estimate of drug-likeness (QED) is 0.155. The average molecular weight is 893 g/mol. The van der Waals surface area contributed by atoms with E-state index in [0.29, 0.717) is 27.7 Å². The number of nitrogens with zero attached hydrogens (tertiary/aromatic N) is 4. The van der Waals surface area contributed by atoms with Crippen LogP contribution in [0.5, 0.6) is 0 Å². The van der Waals surface area contributed by atoms with E-state index in [1.54, 1.807) is 43.1 Å². The van der Waals surface area contributed by atoms with Gasteiger partial charge in [-0.15, -0.1) is 12.4 Å². The summed E-state index contributed by atoms with van der Waals surface area (Å²) in [5, 5.41) is 10.7. The number of Topliss-reactive ketones (excluding diaryl/α,β-unsaturated/α-hetero) is 1. The van der Waals surface area contributed by atoms with E-state index in [-0.39, 0.29) is 42.2 Å². The van der Waals surface area contributed by atoms with Crippen LogP contribution in [0.3, 0.4) is 0 Å². The summed E-state index contributed by atoms with van der Waals surface area (Å²) in [6, 6.07) is 32.7. The minimum atomic E-state index is -0.971. The normalized spacial score (nSPS) is 14.4. The molecule has 0 aliphatic carbocycles. The second-order valence-corrected chi connectivity index (χ2v) is 15.6. The molecule has 62 heavy (non-hydrogen) atoms. The summed E-state index contributed by atoms with van der Waals surface area (Å²) in [5.74, 6) is -0.818. The highest BCUT2D eigenvalue weighted by Gasteiger charge is 2.29. The lowest BCUT2D eigenvalue weighted by molar-refractivity contribution is -0.137. The summed E-state index contributed by atoms with van der Waals surface area (Å²) in [5.41, 5.74) is 14.8. The van der Waals surface area contributed by atoms with E-state index in [2.05, 4.69) is 0 Å². The van der Waals surface area contributed by atoms with Gasteiger partial charge in [-0.05, 0) is 59.5 Å². The number of ketones is 1. The highest BCUT2D eigenvalue weighted by Crippen LogP contribution is 2.40. The Morgan fingerprint density at radius 1 is 0.629 bits per heavy atom. The number of aromatic nitrogens is 2. The van der Waals surface area contributed by atoms with E-state index in [0.717, 1.165) is 68.7 Å². The van der Waals surface area contributed by atoms with Crippen molar-refractivity contribution in [3.8, 4) is 22.3 Å². The van der Waals surface area contributed by atoms with Crippen LogP contribution in [0.25, 0.3) is 22.3 Å². The van der Waals surface area contributed by atoms with Crippen molar-refractivity contribution in [2.24, 2.45) is 29.8 Å². The molecule has 0 unspecified atom stereocenters. The number of benzene rings is 4. The first-order valence-corrected chi connectivity index (χ1v) is 20.8. The SMILES string of the molecule is CCCC(=O)C[C@@H]1N=C(c2ccc(Cl)cc2)c2ccccc2-c2cn(C)c(=O)cc21.CCN.Cl.Cn1cc2c(cc1=O)[C@H](CC(=O)O)N=C(c1ccc(Cl)cc1)c1ccccc1-2. The summed E-state index contributed by atoms with van der Waals surface area (Å²) in [4.78, 5) is 58.7. The third-order valence-electron chi connectivity index (χ3n) is 10.3. The van der Waals surface area contributed by atoms with Crippen LogP contribution in [0.4, 0.5) is 0 Å². The Morgan fingerprint density at radius 3 is 1.37 bits per heavy atom. The Hall–Kier alpha value is -5.91. The number of carboxylic acids is 1. The number of pyridine rings is 2. The van der Waals surface area contributed by atoms with Crippen molar-refractivity contribution in [3.05, 3.63) is 186 Å². The van der Waals surface area contributed by atoms with Crippen LogP contribution in [-0.2, 0) is 23.7 Å². The Balaban J connectivity index is 0.000000217. The number of carboxylic acid groups (broad SMARTS) is 1. The molecule has 0 fully saturated rings.